The van der Waals surface area contributed by atoms with E-state index in [1.54, 1.807) is 22.6 Å². The summed E-state index contributed by atoms with van der Waals surface area (Å²) in [5.74, 6) is -0.573. The van der Waals surface area contributed by atoms with Crippen LogP contribution in [0.3, 0.4) is 0 Å². The van der Waals surface area contributed by atoms with E-state index in [-0.39, 0.29) is 22.4 Å². The molecule has 90 valence electrons. The number of nitrogens with zero attached hydrogens (tertiary/aromatic N) is 1. The summed E-state index contributed by atoms with van der Waals surface area (Å²) in [5.41, 5.74) is 5.78. The number of aliphatic hydroxyl groups is 1. The number of nitrogens with two attached hydrogens (primary N) is 1. The Morgan fingerprint density at radius 1 is 1.44 bits per heavy atom. The molecular formula is C8H8F3IN2O2. The second kappa shape index (κ2) is 5.15. The van der Waals surface area contributed by atoms with Gasteiger partial charge in [-0.2, -0.15) is 0 Å². The number of ether oxygens (including phenoxy) is 1. The molecule has 1 aromatic rings. The average Bonchev–Trinajstić information content (AvgIpc) is 2.16. The average molecular weight is 348 g/mol. The van der Waals surface area contributed by atoms with Gasteiger partial charge in [0.15, 0.2) is 0 Å². The van der Waals surface area contributed by atoms with Gasteiger partial charge >= 0.3 is 6.36 Å². The summed E-state index contributed by atoms with van der Waals surface area (Å²) in [6, 6.07) is 1.34. The maximum absolute atomic E-state index is 12.0. The van der Waals surface area contributed by atoms with Crippen LogP contribution in [0.15, 0.2) is 6.07 Å². The van der Waals surface area contributed by atoms with E-state index in [2.05, 4.69) is 9.72 Å². The molecule has 0 bridgehead atoms. The smallest absolute Gasteiger partial charge is 0.392 e. The second-order valence-corrected chi connectivity index (χ2v) is 3.83. The maximum Gasteiger partial charge on any atom is 0.574 e. The molecule has 0 aliphatic heterocycles. The van der Waals surface area contributed by atoms with Crippen LogP contribution in [-0.4, -0.2) is 16.5 Å². The minimum atomic E-state index is -4.80. The lowest BCUT2D eigenvalue weighted by Gasteiger charge is -2.13. The normalized spacial score (nSPS) is 11.6. The van der Waals surface area contributed by atoms with Crippen molar-refractivity contribution >= 4 is 22.6 Å². The standard InChI is InChI=1S/C8H8F3IN2O2/c9-8(10,11)16-7-4(2-13)1-5(3-15)6(12)14-7/h1,15H,2-3,13H2. The number of hydrogen-bond acceptors (Lipinski definition) is 4. The number of pyridine rings is 1. The molecule has 0 radical (unpaired) electrons. The topological polar surface area (TPSA) is 68.4 Å². The summed E-state index contributed by atoms with van der Waals surface area (Å²) in [4.78, 5) is 3.60. The molecule has 1 aromatic heterocycles. The van der Waals surface area contributed by atoms with E-state index in [9.17, 15) is 13.2 Å². The first-order valence-corrected chi connectivity index (χ1v) is 5.20. The van der Waals surface area contributed by atoms with Crippen LogP contribution in [0.25, 0.3) is 0 Å². The van der Waals surface area contributed by atoms with Crippen LogP contribution in [0.4, 0.5) is 13.2 Å². The van der Waals surface area contributed by atoms with Crippen LogP contribution in [0.5, 0.6) is 5.88 Å². The monoisotopic (exact) mass is 348 g/mol. The lowest BCUT2D eigenvalue weighted by Crippen LogP contribution is -2.20. The first-order chi connectivity index (χ1) is 7.37. The van der Waals surface area contributed by atoms with Crippen LogP contribution >= 0.6 is 22.6 Å². The third-order valence-corrected chi connectivity index (χ3v) is 2.62. The largest absolute Gasteiger partial charge is 0.574 e. The summed E-state index contributed by atoms with van der Waals surface area (Å²) < 4.78 is 40.0. The molecule has 0 spiro atoms. The Morgan fingerprint density at radius 2 is 2.06 bits per heavy atom. The molecule has 0 saturated carbocycles. The van der Waals surface area contributed by atoms with Gasteiger partial charge in [-0.1, -0.05) is 0 Å². The summed E-state index contributed by atoms with van der Waals surface area (Å²) >= 11 is 1.71. The van der Waals surface area contributed by atoms with Crippen molar-refractivity contribution in [3.05, 3.63) is 20.9 Å². The molecule has 1 heterocycles. The van der Waals surface area contributed by atoms with Crippen molar-refractivity contribution < 1.29 is 23.0 Å². The fourth-order valence-corrected chi connectivity index (χ4v) is 1.56. The Morgan fingerprint density at radius 3 is 2.50 bits per heavy atom. The van der Waals surface area contributed by atoms with Gasteiger partial charge in [0, 0.05) is 17.7 Å². The van der Waals surface area contributed by atoms with E-state index in [1.807, 2.05) is 0 Å². The zero-order valence-corrected chi connectivity index (χ0v) is 10.0. The number of halogens is 4. The van der Waals surface area contributed by atoms with Crippen molar-refractivity contribution in [2.45, 2.75) is 19.5 Å². The third-order valence-electron chi connectivity index (χ3n) is 1.69. The highest BCUT2D eigenvalue weighted by Gasteiger charge is 2.33. The van der Waals surface area contributed by atoms with Crippen LogP contribution in [0, 0.1) is 3.70 Å². The molecule has 0 aliphatic carbocycles. The van der Waals surface area contributed by atoms with E-state index in [4.69, 9.17) is 10.8 Å². The summed E-state index contributed by atoms with van der Waals surface area (Å²) in [5, 5.41) is 8.91. The minimum absolute atomic E-state index is 0.0989. The molecule has 0 aromatic carbocycles. The molecule has 1 rings (SSSR count). The van der Waals surface area contributed by atoms with Crippen molar-refractivity contribution in [2.75, 3.05) is 0 Å². The van der Waals surface area contributed by atoms with Crippen LogP contribution in [0.2, 0.25) is 0 Å². The zero-order chi connectivity index (χ0) is 12.3. The van der Waals surface area contributed by atoms with Crippen molar-refractivity contribution in [3.8, 4) is 5.88 Å². The van der Waals surface area contributed by atoms with Gasteiger partial charge in [0.2, 0.25) is 5.88 Å². The van der Waals surface area contributed by atoms with Crippen molar-refractivity contribution in [2.24, 2.45) is 5.73 Å². The molecule has 0 fully saturated rings. The molecule has 8 heteroatoms. The molecule has 0 aliphatic rings. The third kappa shape index (κ3) is 3.46. The Hall–Kier alpha value is -0.610. The molecule has 0 amide bonds. The highest BCUT2D eigenvalue weighted by atomic mass is 127. The SMILES string of the molecule is NCc1cc(CO)c(I)nc1OC(F)(F)F. The van der Waals surface area contributed by atoms with E-state index < -0.39 is 12.2 Å². The number of hydrogen-bond donors (Lipinski definition) is 2. The first-order valence-electron chi connectivity index (χ1n) is 4.12. The van der Waals surface area contributed by atoms with Crippen molar-refractivity contribution in [3.63, 3.8) is 0 Å². The minimum Gasteiger partial charge on any atom is -0.392 e. The van der Waals surface area contributed by atoms with Gasteiger partial charge in [-0.15, -0.1) is 13.2 Å². The molecule has 0 unspecified atom stereocenters. The maximum atomic E-state index is 12.0. The summed E-state index contributed by atoms with van der Waals surface area (Å²) in [6.07, 6.45) is -4.80. The lowest BCUT2D eigenvalue weighted by molar-refractivity contribution is -0.276. The Bertz CT molecular complexity index is 384. The summed E-state index contributed by atoms with van der Waals surface area (Å²) in [7, 11) is 0. The molecule has 0 saturated heterocycles. The highest BCUT2D eigenvalue weighted by molar-refractivity contribution is 14.1. The van der Waals surface area contributed by atoms with Gasteiger partial charge < -0.3 is 15.6 Å². The van der Waals surface area contributed by atoms with Crippen LogP contribution in [0.1, 0.15) is 11.1 Å². The van der Waals surface area contributed by atoms with Crippen molar-refractivity contribution in [1.82, 2.24) is 4.98 Å². The fourth-order valence-electron chi connectivity index (χ4n) is 1.02. The molecule has 3 N–H and O–H groups in total. The number of rotatable bonds is 3. The zero-order valence-electron chi connectivity index (χ0n) is 7.88. The second-order valence-electron chi connectivity index (χ2n) is 2.81. The molecule has 16 heavy (non-hydrogen) atoms. The Labute approximate surface area is 103 Å². The van der Waals surface area contributed by atoms with Gasteiger partial charge in [0.05, 0.1) is 6.61 Å². The highest BCUT2D eigenvalue weighted by Crippen LogP contribution is 2.26. The molecule has 0 atom stereocenters. The van der Waals surface area contributed by atoms with E-state index in [1.165, 1.54) is 6.07 Å². The quantitative estimate of drug-likeness (QED) is 0.642. The van der Waals surface area contributed by atoms with Crippen LogP contribution < -0.4 is 10.5 Å². The van der Waals surface area contributed by atoms with Gasteiger partial charge in [-0.05, 0) is 28.7 Å². The fraction of sp³-hybridized carbons (Fsp3) is 0.375. The lowest BCUT2D eigenvalue weighted by atomic mass is 10.2. The number of alkyl halides is 3. The van der Waals surface area contributed by atoms with Gasteiger partial charge in [-0.3, -0.25) is 0 Å². The van der Waals surface area contributed by atoms with Crippen LogP contribution in [-0.2, 0) is 13.2 Å². The first kappa shape index (κ1) is 13.5. The van der Waals surface area contributed by atoms with E-state index in [0.717, 1.165) is 0 Å². The number of aromatic nitrogens is 1. The van der Waals surface area contributed by atoms with Gasteiger partial charge in [-0.25, -0.2) is 4.98 Å². The van der Waals surface area contributed by atoms with Crippen molar-refractivity contribution in [1.29, 1.82) is 0 Å². The number of aliphatic hydroxyl groups excluding tert-OH is 1. The summed E-state index contributed by atoms with van der Waals surface area (Å²) in [6.45, 7) is -0.465. The van der Waals surface area contributed by atoms with Gasteiger partial charge in [0.1, 0.15) is 3.70 Å². The predicted octanol–water partition coefficient (Wildman–Crippen LogP) is 1.54. The predicted molar refractivity (Wildman–Crippen MR) is 57.5 cm³/mol. The van der Waals surface area contributed by atoms with E-state index >= 15 is 0 Å². The Balaban J connectivity index is 3.13. The van der Waals surface area contributed by atoms with Gasteiger partial charge in [0.25, 0.3) is 0 Å². The molecular weight excluding hydrogens is 340 g/mol. The Kier molecular flexibility index (Phi) is 4.33. The van der Waals surface area contributed by atoms with E-state index in [0.29, 0.717) is 5.56 Å². The molecule has 4 nitrogen and oxygen atoms in total.